The third-order valence-corrected chi connectivity index (χ3v) is 7.13. The highest BCUT2D eigenvalue weighted by molar-refractivity contribution is 7.89. The highest BCUT2D eigenvalue weighted by Crippen LogP contribution is 2.24. The summed E-state index contributed by atoms with van der Waals surface area (Å²) in [7, 11) is -1.92. The molecule has 0 aliphatic heterocycles. The number of ether oxygens (including phenoxy) is 1. The number of rotatable bonds is 11. The zero-order chi connectivity index (χ0) is 20.6. The van der Waals surface area contributed by atoms with Gasteiger partial charge in [0.2, 0.25) is 10.0 Å². The van der Waals surface area contributed by atoms with Gasteiger partial charge in [-0.25, -0.2) is 8.42 Å². The molecule has 0 radical (unpaired) electrons. The molecular formula is C22H29NO4S. The van der Waals surface area contributed by atoms with Crippen molar-refractivity contribution in [2.75, 3.05) is 7.11 Å². The van der Waals surface area contributed by atoms with Crippen LogP contribution >= 0.6 is 0 Å². The molecule has 152 valence electrons. The van der Waals surface area contributed by atoms with Gasteiger partial charge in [0.15, 0.2) is 0 Å². The van der Waals surface area contributed by atoms with Crippen molar-refractivity contribution in [2.45, 2.75) is 44.5 Å². The van der Waals surface area contributed by atoms with Crippen LogP contribution in [0.2, 0.25) is 0 Å². The maximum absolute atomic E-state index is 13.4. The topological polar surface area (TPSA) is 66.8 Å². The van der Waals surface area contributed by atoms with Gasteiger partial charge in [0.25, 0.3) is 0 Å². The average Bonchev–Trinajstić information content (AvgIpc) is 2.70. The van der Waals surface area contributed by atoms with Crippen molar-refractivity contribution in [1.29, 1.82) is 0 Å². The van der Waals surface area contributed by atoms with Crippen molar-refractivity contribution in [1.82, 2.24) is 4.31 Å². The fourth-order valence-corrected chi connectivity index (χ4v) is 4.99. The number of hydrogen-bond donors (Lipinski definition) is 1. The molecule has 0 fully saturated rings. The Morgan fingerprint density at radius 3 is 2.07 bits per heavy atom. The van der Waals surface area contributed by atoms with Gasteiger partial charge in [-0.2, -0.15) is 4.31 Å². The number of hydrogen-bond acceptors (Lipinski definition) is 4. The molecule has 2 aromatic carbocycles. The monoisotopic (exact) mass is 403 g/mol. The van der Waals surface area contributed by atoms with Crippen LogP contribution in [-0.4, -0.2) is 30.2 Å². The molecule has 0 amide bonds. The van der Waals surface area contributed by atoms with Gasteiger partial charge in [-0.05, 0) is 54.7 Å². The van der Waals surface area contributed by atoms with Gasteiger partial charge in [0.1, 0.15) is 11.5 Å². The average molecular weight is 404 g/mol. The van der Waals surface area contributed by atoms with E-state index in [0.717, 1.165) is 16.9 Å². The second-order valence-electron chi connectivity index (χ2n) is 6.72. The van der Waals surface area contributed by atoms with Crippen molar-refractivity contribution in [3.8, 4) is 11.5 Å². The van der Waals surface area contributed by atoms with Crippen molar-refractivity contribution >= 4 is 10.0 Å². The van der Waals surface area contributed by atoms with E-state index in [4.69, 9.17) is 4.74 Å². The fourth-order valence-electron chi connectivity index (χ4n) is 3.05. The van der Waals surface area contributed by atoms with E-state index in [1.54, 1.807) is 37.5 Å². The van der Waals surface area contributed by atoms with Crippen molar-refractivity contribution in [3.05, 3.63) is 72.3 Å². The molecule has 0 spiro atoms. The molecule has 0 unspecified atom stereocenters. The van der Waals surface area contributed by atoms with Crippen LogP contribution in [0.5, 0.6) is 11.5 Å². The molecule has 2 rings (SSSR count). The Bertz CT molecular complexity index is 845. The summed E-state index contributed by atoms with van der Waals surface area (Å²) in [4.78, 5) is 0. The van der Waals surface area contributed by atoms with Crippen LogP contribution in [0.3, 0.4) is 0 Å². The Labute approximate surface area is 168 Å². The first-order chi connectivity index (χ1) is 13.4. The number of methoxy groups -OCH3 is 1. The number of sulfonamides is 1. The van der Waals surface area contributed by atoms with Crippen LogP contribution in [0.1, 0.15) is 37.3 Å². The number of nitrogens with zero attached hydrogens (tertiary/aromatic N) is 1. The molecule has 0 saturated carbocycles. The van der Waals surface area contributed by atoms with E-state index < -0.39 is 15.3 Å². The second kappa shape index (κ2) is 10.3. The van der Waals surface area contributed by atoms with Crippen LogP contribution in [0.4, 0.5) is 0 Å². The molecule has 6 heteroatoms. The molecule has 0 bridgehead atoms. The van der Waals surface area contributed by atoms with Gasteiger partial charge in [-0.15, -0.1) is 6.58 Å². The SMILES string of the molecule is C=CCC[C@@H](CC)S(=O)(=O)N(Cc1ccc(O)cc1)Cc1ccc(OC)cc1. The first-order valence-corrected chi connectivity index (χ1v) is 10.9. The minimum Gasteiger partial charge on any atom is -0.508 e. The van der Waals surface area contributed by atoms with Crippen molar-refractivity contribution in [2.24, 2.45) is 0 Å². The summed E-state index contributed by atoms with van der Waals surface area (Å²) in [5.74, 6) is 0.889. The third kappa shape index (κ3) is 5.84. The smallest absolute Gasteiger partial charge is 0.217 e. The third-order valence-electron chi connectivity index (χ3n) is 4.74. The Morgan fingerprint density at radius 2 is 1.61 bits per heavy atom. The number of benzene rings is 2. The molecule has 0 saturated heterocycles. The van der Waals surface area contributed by atoms with Crippen LogP contribution in [0.25, 0.3) is 0 Å². The Morgan fingerprint density at radius 1 is 1.07 bits per heavy atom. The Balaban J connectivity index is 2.32. The zero-order valence-electron chi connectivity index (χ0n) is 16.5. The predicted octanol–water partition coefficient (Wildman–Crippen LogP) is 4.48. The summed E-state index contributed by atoms with van der Waals surface area (Å²) in [5, 5.41) is 9.05. The van der Waals surface area contributed by atoms with Gasteiger partial charge in [-0.1, -0.05) is 37.3 Å². The highest BCUT2D eigenvalue weighted by Gasteiger charge is 2.30. The summed E-state index contributed by atoms with van der Waals surface area (Å²) in [6, 6.07) is 14.1. The number of aromatic hydroxyl groups is 1. The largest absolute Gasteiger partial charge is 0.508 e. The minimum atomic E-state index is -3.52. The lowest BCUT2D eigenvalue weighted by molar-refractivity contribution is 0.388. The zero-order valence-corrected chi connectivity index (χ0v) is 17.4. The maximum atomic E-state index is 13.4. The highest BCUT2D eigenvalue weighted by atomic mass is 32.2. The summed E-state index contributed by atoms with van der Waals surface area (Å²) < 4.78 is 33.5. The first-order valence-electron chi connectivity index (χ1n) is 9.41. The van der Waals surface area contributed by atoms with Gasteiger partial charge in [0, 0.05) is 13.1 Å². The molecule has 0 aromatic heterocycles. The quantitative estimate of drug-likeness (QED) is 0.562. The van der Waals surface area contributed by atoms with Crippen molar-refractivity contribution < 1.29 is 18.3 Å². The van der Waals surface area contributed by atoms with Gasteiger partial charge >= 0.3 is 0 Å². The Hall–Kier alpha value is -2.31. The molecule has 0 aliphatic rings. The summed E-state index contributed by atoms with van der Waals surface area (Å²) in [6.45, 7) is 6.13. The fraction of sp³-hybridized carbons (Fsp3) is 0.364. The lowest BCUT2D eigenvalue weighted by atomic mass is 10.2. The van der Waals surface area contributed by atoms with Crippen molar-refractivity contribution in [3.63, 3.8) is 0 Å². The minimum absolute atomic E-state index is 0.158. The molecule has 2 aromatic rings. The van der Waals surface area contributed by atoms with E-state index in [2.05, 4.69) is 6.58 Å². The van der Waals surface area contributed by atoms with Crippen LogP contribution in [0, 0.1) is 0 Å². The Kier molecular flexibility index (Phi) is 8.08. The van der Waals surface area contributed by atoms with Gasteiger partial charge in [-0.3, -0.25) is 0 Å². The molecule has 5 nitrogen and oxygen atoms in total. The van der Waals surface area contributed by atoms with Gasteiger partial charge < -0.3 is 9.84 Å². The van der Waals surface area contributed by atoms with E-state index in [0.29, 0.717) is 19.3 Å². The van der Waals surface area contributed by atoms with Crippen LogP contribution in [-0.2, 0) is 23.1 Å². The number of phenols is 1. The van der Waals surface area contributed by atoms with E-state index in [1.807, 2.05) is 31.2 Å². The summed E-state index contributed by atoms with van der Waals surface area (Å²) >= 11 is 0. The summed E-state index contributed by atoms with van der Waals surface area (Å²) in [6.07, 6.45) is 3.52. The normalized spacial score (nSPS) is 12.7. The molecule has 0 aliphatic carbocycles. The van der Waals surface area contributed by atoms with E-state index in [-0.39, 0.29) is 18.8 Å². The molecule has 28 heavy (non-hydrogen) atoms. The van der Waals surface area contributed by atoms with E-state index in [9.17, 15) is 13.5 Å². The standard InChI is InChI=1S/C22H29NO4S/c1-4-6-7-22(5-2)28(25,26)23(16-18-8-12-20(24)13-9-18)17-19-10-14-21(27-3)15-11-19/h4,8-15,22,24H,1,5-7,16-17H2,2-3H3/t22-/m1/s1. The summed E-state index contributed by atoms with van der Waals surface area (Å²) in [5.41, 5.74) is 1.72. The first kappa shape index (κ1) is 22.0. The van der Waals surface area contributed by atoms with E-state index >= 15 is 0 Å². The molecule has 1 atom stereocenters. The van der Waals surface area contributed by atoms with Crippen LogP contribution in [0.15, 0.2) is 61.2 Å². The van der Waals surface area contributed by atoms with Crippen LogP contribution < -0.4 is 4.74 Å². The number of phenolic OH excluding ortho intramolecular Hbond substituents is 1. The molecule has 0 heterocycles. The van der Waals surface area contributed by atoms with Gasteiger partial charge in [0.05, 0.1) is 12.4 Å². The maximum Gasteiger partial charge on any atom is 0.217 e. The molecular weight excluding hydrogens is 374 g/mol. The number of allylic oxidation sites excluding steroid dienone is 1. The lowest BCUT2D eigenvalue weighted by Crippen LogP contribution is -2.37. The van der Waals surface area contributed by atoms with E-state index in [1.165, 1.54) is 4.31 Å². The lowest BCUT2D eigenvalue weighted by Gasteiger charge is -2.27. The second-order valence-corrected chi connectivity index (χ2v) is 8.94. The predicted molar refractivity (Wildman–Crippen MR) is 113 cm³/mol. The molecule has 1 N–H and O–H groups in total.